The van der Waals surface area contributed by atoms with Crippen molar-refractivity contribution >= 4 is 5.97 Å². The van der Waals surface area contributed by atoms with Crippen molar-refractivity contribution in [2.75, 3.05) is 19.7 Å². The minimum atomic E-state index is -0.144. The number of hydrogen-bond donors (Lipinski definition) is 1. The van der Waals surface area contributed by atoms with Gasteiger partial charge in [0.25, 0.3) is 0 Å². The van der Waals surface area contributed by atoms with Gasteiger partial charge in [-0.2, -0.15) is 0 Å². The maximum Gasteiger partial charge on any atom is 0.319 e. The molecule has 0 amide bonds. The van der Waals surface area contributed by atoms with Crippen LogP contribution in [0.1, 0.15) is 47.5 Å². The third kappa shape index (κ3) is 7.69. The van der Waals surface area contributed by atoms with E-state index >= 15 is 0 Å². The summed E-state index contributed by atoms with van der Waals surface area (Å²) >= 11 is 0. The Labute approximate surface area is 99.9 Å². The molecule has 0 saturated heterocycles. The van der Waals surface area contributed by atoms with E-state index in [0.29, 0.717) is 19.1 Å². The number of carbonyl (C=O) groups excluding carboxylic acids is 1. The Hall–Kier alpha value is -0.570. The molecule has 3 nitrogen and oxygen atoms in total. The number of ether oxygens (including phenoxy) is 1. The zero-order valence-corrected chi connectivity index (χ0v) is 11.4. The molecule has 0 fully saturated rings. The van der Waals surface area contributed by atoms with E-state index in [2.05, 4.69) is 39.9 Å². The standard InChI is InChI=1S/C13H27NO2/c1-6-7-8-16-12(15)10-14-9-11(2)13(3,4)5/h11,14H,6-10H2,1-5H3. The Kier molecular flexibility index (Phi) is 7.39. The van der Waals surface area contributed by atoms with Crippen molar-refractivity contribution in [1.82, 2.24) is 5.32 Å². The number of esters is 1. The lowest BCUT2D eigenvalue weighted by molar-refractivity contribution is -0.142. The summed E-state index contributed by atoms with van der Waals surface area (Å²) in [6.45, 7) is 12.6. The van der Waals surface area contributed by atoms with Gasteiger partial charge in [-0.1, -0.05) is 41.0 Å². The van der Waals surface area contributed by atoms with Crippen LogP contribution in [-0.2, 0) is 9.53 Å². The number of carbonyl (C=O) groups is 1. The van der Waals surface area contributed by atoms with E-state index < -0.39 is 0 Å². The van der Waals surface area contributed by atoms with E-state index in [9.17, 15) is 4.79 Å². The molecule has 0 bridgehead atoms. The van der Waals surface area contributed by atoms with Crippen LogP contribution >= 0.6 is 0 Å². The summed E-state index contributed by atoms with van der Waals surface area (Å²) in [6, 6.07) is 0. The number of rotatable bonds is 7. The van der Waals surface area contributed by atoms with Gasteiger partial charge >= 0.3 is 5.97 Å². The van der Waals surface area contributed by atoms with Crippen LogP contribution in [0, 0.1) is 11.3 Å². The molecule has 1 unspecified atom stereocenters. The molecule has 1 atom stereocenters. The Morgan fingerprint density at radius 2 is 2.00 bits per heavy atom. The van der Waals surface area contributed by atoms with Crippen molar-refractivity contribution in [1.29, 1.82) is 0 Å². The number of hydrogen-bond acceptors (Lipinski definition) is 3. The van der Waals surface area contributed by atoms with Gasteiger partial charge in [0, 0.05) is 0 Å². The summed E-state index contributed by atoms with van der Waals surface area (Å²) in [7, 11) is 0. The molecule has 0 heterocycles. The van der Waals surface area contributed by atoms with Gasteiger partial charge in [0.1, 0.15) is 0 Å². The van der Waals surface area contributed by atoms with E-state index in [1.54, 1.807) is 0 Å². The van der Waals surface area contributed by atoms with E-state index in [-0.39, 0.29) is 11.4 Å². The zero-order valence-electron chi connectivity index (χ0n) is 11.4. The van der Waals surface area contributed by atoms with E-state index in [1.807, 2.05) is 0 Å². The summed E-state index contributed by atoms with van der Waals surface area (Å²) in [5.41, 5.74) is 0.277. The monoisotopic (exact) mass is 229 g/mol. The van der Waals surface area contributed by atoms with Crippen molar-refractivity contribution in [2.45, 2.75) is 47.5 Å². The lowest BCUT2D eigenvalue weighted by Crippen LogP contribution is -2.33. The second-order valence-electron chi connectivity index (χ2n) is 5.47. The third-order valence-electron chi connectivity index (χ3n) is 2.96. The normalized spacial score (nSPS) is 13.6. The first kappa shape index (κ1) is 15.4. The van der Waals surface area contributed by atoms with Crippen molar-refractivity contribution in [3.63, 3.8) is 0 Å². The highest BCUT2D eigenvalue weighted by Crippen LogP contribution is 2.24. The van der Waals surface area contributed by atoms with Gasteiger partial charge in [-0.05, 0) is 24.3 Å². The van der Waals surface area contributed by atoms with Crippen LogP contribution in [0.5, 0.6) is 0 Å². The lowest BCUT2D eigenvalue weighted by Gasteiger charge is -2.27. The molecule has 96 valence electrons. The highest BCUT2D eigenvalue weighted by molar-refractivity contribution is 5.71. The summed E-state index contributed by atoms with van der Waals surface area (Å²) in [5.74, 6) is 0.394. The first-order valence-electron chi connectivity index (χ1n) is 6.24. The Morgan fingerprint density at radius 1 is 1.38 bits per heavy atom. The van der Waals surface area contributed by atoms with Gasteiger partial charge in [-0.15, -0.1) is 0 Å². The van der Waals surface area contributed by atoms with E-state index in [0.717, 1.165) is 19.4 Å². The van der Waals surface area contributed by atoms with Gasteiger partial charge in [0.2, 0.25) is 0 Å². The quantitative estimate of drug-likeness (QED) is 0.538. The molecular weight excluding hydrogens is 202 g/mol. The van der Waals surface area contributed by atoms with E-state index in [1.165, 1.54) is 0 Å². The molecule has 0 aromatic rings. The summed E-state index contributed by atoms with van der Waals surface area (Å²) < 4.78 is 5.05. The van der Waals surface area contributed by atoms with Gasteiger partial charge in [0.05, 0.1) is 13.2 Å². The molecule has 0 aliphatic carbocycles. The van der Waals surface area contributed by atoms with Crippen molar-refractivity contribution in [2.24, 2.45) is 11.3 Å². The SMILES string of the molecule is CCCCOC(=O)CNCC(C)C(C)(C)C. The summed E-state index contributed by atoms with van der Waals surface area (Å²) in [4.78, 5) is 11.3. The predicted octanol–water partition coefficient (Wildman–Crippen LogP) is 2.60. The van der Waals surface area contributed by atoms with Gasteiger partial charge in [-0.3, -0.25) is 4.79 Å². The highest BCUT2D eigenvalue weighted by Gasteiger charge is 2.19. The summed E-state index contributed by atoms with van der Waals surface area (Å²) in [6.07, 6.45) is 2.01. The van der Waals surface area contributed by atoms with Crippen LogP contribution in [-0.4, -0.2) is 25.7 Å². The maximum atomic E-state index is 11.3. The second kappa shape index (κ2) is 7.66. The second-order valence-corrected chi connectivity index (χ2v) is 5.47. The minimum Gasteiger partial charge on any atom is -0.465 e. The minimum absolute atomic E-state index is 0.144. The van der Waals surface area contributed by atoms with Crippen LogP contribution in [0.4, 0.5) is 0 Å². The summed E-state index contributed by atoms with van der Waals surface area (Å²) in [5, 5.41) is 3.14. The molecule has 3 heteroatoms. The highest BCUT2D eigenvalue weighted by atomic mass is 16.5. The molecule has 0 spiro atoms. The molecular formula is C13H27NO2. The average molecular weight is 229 g/mol. The fraction of sp³-hybridized carbons (Fsp3) is 0.923. The Morgan fingerprint density at radius 3 is 2.50 bits per heavy atom. The largest absolute Gasteiger partial charge is 0.465 e. The smallest absolute Gasteiger partial charge is 0.319 e. The van der Waals surface area contributed by atoms with Crippen molar-refractivity contribution < 1.29 is 9.53 Å². The third-order valence-corrected chi connectivity index (χ3v) is 2.96. The Bertz CT molecular complexity index is 197. The number of unbranched alkanes of at least 4 members (excludes halogenated alkanes) is 1. The van der Waals surface area contributed by atoms with Crippen LogP contribution in [0.15, 0.2) is 0 Å². The molecule has 0 aromatic carbocycles. The van der Waals surface area contributed by atoms with Crippen molar-refractivity contribution in [3.05, 3.63) is 0 Å². The molecule has 1 N–H and O–H groups in total. The van der Waals surface area contributed by atoms with Crippen LogP contribution in [0.25, 0.3) is 0 Å². The van der Waals surface area contributed by atoms with Gasteiger partial charge in [-0.25, -0.2) is 0 Å². The predicted molar refractivity (Wildman–Crippen MR) is 67.4 cm³/mol. The van der Waals surface area contributed by atoms with Crippen LogP contribution in [0.3, 0.4) is 0 Å². The molecule has 0 radical (unpaired) electrons. The fourth-order valence-electron chi connectivity index (χ4n) is 1.08. The topological polar surface area (TPSA) is 38.3 Å². The van der Waals surface area contributed by atoms with Crippen LogP contribution < -0.4 is 5.32 Å². The maximum absolute atomic E-state index is 11.3. The first-order chi connectivity index (χ1) is 7.38. The van der Waals surface area contributed by atoms with Gasteiger partial charge in [0.15, 0.2) is 0 Å². The molecule has 0 rings (SSSR count). The molecule has 0 aromatic heterocycles. The molecule has 0 aliphatic heterocycles. The average Bonchev–Trinajstić information content (AvgIpc) is 2.16. The van der Waals surface area contributed by atoms with E-state index in [4.69, 9.17) is 4.74 Å². The fourth-order valence-corrected chi connectivity index (χ4v) is 1.08. The zero-order chi connectivity index (χ0) is 12.6. The van der Waals surface area contributed by atoms with Gasteiger partial charge < -0.3 is 10.1 Å². The number of nitrogens with one attached hydrogen (secondary N) is 1. The van der Waals surface area contributed by atoms with Crippen molar-refractivity contribution in [3.8, 4) is 0 Å². The first-order valence-corrected chi connectivity index (χ1v) is 6.24. The molecule has 16 heavy (non-hydrogen) atoms. The lowest BCUT2D eigenvalue weighted by atomic mass is 9.82. The molecule has 0 aliphatic rings. The molecule has 0 saturated carbocycles. The Balaban J connectivity index is 3.54. The van der Waals surface area contributed by atoms with Crippen LogP contribution in [0.2, 0.25) is 0 Å².